The molecule has 5 nitrogen and oxygen atoms in total. The molecule has 1 aromatic heterocycles. The molecule has 0 saturated carbocycles. The number of carbonyl (C=O) groups excluding carboxylic acids is 1. The molecule has 92 valence electrons. The molecule has 0 spiro atoms. The van der Waals surface area contributed by atoms with Gasteiger partial charge in [0, 0.05) is 43.5 Å². The van der Waals surface area contributed by atoms with Crippen molar-refractivity contribution in [2.75, 3.05) is 6.54 Å². The number of H-pyrrole nitrogens is 1. The van der Waals surface area contributed by atoms with Crippen molar-refractivity contribution in [3.63, 3.8) is 0 Å². The van der Waals surface area contributed by atoms with Crippen LogP contribution in [-0.4, -0.2) is 39.4 Å². The lowest BCUT2D eigenvalue weighted by molar-refractivity contribution is -0.121. The molecule has 0 radical (unpaired) electrons. The standard InChI is InChI=1S/C12H18N4O/c1-8-13-5-9(15-8)7-16-10-2-3-11(16)6-14-12(17)4-10/h5,10-11H,2-4,6-7H2,1H3,(H,13,15)(H,14,17)/t10-,11+/m0/s1. The summed E-state index contributed by atoms with van der Waals surface area (Å²) in [6.45, 7) is 3.64. The highest BCUT2D eigenvalue weighted by Gasteiger charge is 2.37. The van der Waals surface area contributed by atoms with E-state index in [-0.39, 0.29) is 5.91 Å². The predicted molar refractivity (Wildman–Crippen MR) is 63.3 cm³/mol. The third-order valence-electron chi connectivity index (χ3n) is 3.84. The SMILES string of the molecule is Cc1ncc(CN2[C@@H]3CC[C@H]2CC(=O)NC3)[nH]1. The van der Waals surface area contributed by atoms with Gasteiger partial charge in [-0.3, -0.25) is 9.69 Å². The molecule has 3 rings (SSSR count). The zero-order valence-corrected chi connectivity index (χ0v) is 10.1. The Bertz CT molecular complexity index is 428. The molecule has 17 heavy (non-hydrogen) atoms. The average Bonchev–Trinajstić information content (AvgIpc) is 2.79. The summed E-state index contributed by atoms with van der Waals surface area (Å²) in [7, 11) is 0. The van der Waals surface area contributed by atoms with E-state index in [4.69, 9.17) is 0 Å². The van der Waals surface area contributed by atoms with Crippen LogP contribution >= 0.6 is 0 Å². The molecule has 1 amide bonds. The van der Waals surface area contributed by atoms with Gasteiger partial charge in [0.2, 0.25) is 5.91 Å². The predicted octanol–water partition coefficient (Wildman–Crippen LogP) is 0.571. The fourth-order valence-electron chi connectivity index (χ4n) is 2.98. The number of aromatic amines is 1. The van der Waals surface area contributed by atoms with Crippen LogP contribution in [0.3, 0.4) is 0 Å². The van der Waals surface area contributed by atoms with Crippen molar-refractivity contribution in [2.24, 2.45) is 0 Å². The van der Waals surface area contributed by atoms with Gasteiger partial charge in [-0.1, -0.05) is 0 Å². The molecule has 2 N–H and O–H groups in total. The summed E-state index contributed by atoms with van der Waals surface area (Å²) in [6, 6.07) is 0.904. The summed E-state index contributed by atoms with van der Waals surface area (Å²) >= 11 is 0. The molecule has 2 aliphatic heterocycles. The van der Waals surface area contributed by atoms with E-state index in [1.54, 1.807) is 0 Å². The second-order valence-corrected chi connectivity index (χ2v) is 5.06. The topological polar surface area (TPSA) is 61.0 Å². The number of aryl methyl sites for hydroxylation is 1. The van der Waals surface area contributed by atoms with E-state index in [9.17, 15) is 4.79 Å². The van der Waals surface area contributed by atoms with Crippen molar-refractivity contribution in [2.45, 2.75) is 44.8 Å². The average molecular weight is 234 g/mol. The molecule has 0 unspecified atom stereocenters. The molecule has 2 fully saturated rings. The summed E-state index contributed by atoms with van der Waals surface area (Å²) in [5, 5.41) is 2.99. The van der Waals surface area contributed by atoms with Crippen molar-refractivity contribution in [1.29, 1.82) is 0 Å². The molecular weight excluding hydrogens is 216 g/mol. The Labute approximate surface area is 101 Å². The first kappa shape index (κ1) is 10.8. The number of fused-ring (bicyclic) bond motifs is 2. The molecule has 5 heteroatoms. The van der Waals surface area contributed by atoms with Crippen LogP contribution in [0, 0.1) is 6.92 Å². The summed E-state index contributed by atoms with van der Waals surface area (Å²) in [4.78, 5) is 21.5. The van der Waals surface area contributed by atoms with Gasteiger partial charge >= 0.3 is 0 Å². The first-order valence-corrected chi connectivity index (χ1v) is 6.25. The van der Waals surface area contributed by atoms with Gasteiger partial charge in [-0.15, -0.1) is 0 Å². The highest BCUT2D eigenvalue weighted by molar-refractivity contribution is 5.77. The van der Waals surface area contributed by atoms with Crippen LogP contribution in [0.5, 0.6) is 0 Å². The van der Waals surface area contributed by atoms with Crippen LogP contribution < -0.4 is 5.32 Å². The van der Waals surface area contributed by atoms with Gasteiger partial charge in [-0.2, -0.15) is 0 Å². The van der Waals surface area contributed by atoms with Crippen molar-refractivity contribution in [3.05, 3.63) is 17.7 Å². The van der Waals surface area contributed by atoms with Gasteiger partial charge in [-0.05, 0) is 19.8 Å². The van der Waals surface area contributed by atoms with Crippen LogP contribution in [0.1, 0.15) is 30.8 Å². The number of nitrogens with one attached hydrogen (secondary N) is 2. The van der Waals surface area contributed by atoms with Crippen LogP contribution in [0.15, 0.2) is 6.20 Å². The molecule has 2 bridgehead atoms. The second kappa shape index (κ2) is 4.14. The van der Waals surface area contributed by atoms with Gasteiger partial charge in [0.1, 0.15) is 5.82 Å². The summed E-state index contributed by atoms with van der Waals surface area (Å²) < 4.78 is 0. The lowest BCUT2D eigenvalue weighted by Gasteiger charge is -2.26. The Balaban J connectivity index is 1.76. The largest absolute Gasteiger partial charge is 0.354 e. The van der Waals surface area contributed by atoms with Crippen LogP contribution in [0.25, 0.3) is 0 Å². The number of rotatable bonds is 2. The van der Waals surface area contributed by atoms with Gasteiger partial charge in [0.25, 0.3) is 0 Å². The molecule has 2 atom stereocenters. The fraction of sp³-hybridized carbons (Fsp3) is 0.667. The molecule has 0 aliphatic carbocycles. The Morgan fingerprint density at radius 3 is 3.06 bits per heavy atom. The van der Waals surface area contributed by atoms with E-state index in [2.05, 4.69) is 20.2 Å². The van der Waals surface area contributed by atoms with E-state index >= 15 is 0 Å². The maximum atomic E-state index is 11.5. The zero-order valence-electron chi connectivity index (χ0n) is 10.1. The maximum absolute atomic E-state index is 11.5. The summed E-state index contributed by atoms with van der Waals surface area (Å²) in [5.74, 6) is 1.15. The molecule has 1 aromatic rings. The molecule has 0 aromatic carbocycles. The number of amides is 1. The second-order valence-electron chi connectivity index (χ2n) is 5.06. The van der Waals surface area contributed by atoms with E-state index in [0.717, 1.165) is 31.0 Å². The van der Waals surface area contributed by atoms with Crippen molar-refractivity contribution < 1.29 is 4.79 Å². The van der Waals surface area contributed by atoms with Gasteiger partial charge in [0.05, 0.1) is 0 Å². The van der Waals surface area contributed by atoms with Crippen molar-refractivity contribution in [3.8, 4) is 0 Å². The van der Waals surface area contributed by atoms with Crippen molar-refractivity contribution >= 4 is 5.91 Å². The number of imidazole rings is 1. The smallest absolute Gasteiger partial charge is 0.221 e. The number of hydrogen-bond acceptors (Lipinski definition) is 3. The Morgan fingerprint density at radius 1 is 1.47 bits per heavy atom. The highest BCUT2D eigenvalue weighted by atomic mass is 16.1. The van der Waals surface area contributed by atoms with Crippen molar-refractivity contribution in [1.82, 2.24) is 20.2 Å². The normalized spacial score (nSPS) is 29.1. The minimum atomic E-state index is 0.197. The number of carbonyl (C=O) groups is 1. The highest BCUT2D eigenvalue weighted by Crippen LogP contribution is 2.29. The first-order chi connectivity index (χ1) is 8.22. The van der Waals surface area contributed by atoms with E-state index < -0.39 is 0 Å². The number of nitrogens with zero attached hydrogens (tertiary/aromatic N) is 2. The molecule has 2 aliphatic rings. The first-order valence-electron chi connectivity index (χ1n) is 6.25. The lowest BCUT2D eigenvalue weighted by atomic mass is 10.1. The number of hydrogen-bond donors (Lipinski definition) is 2. The van der Waals surface area contributed by atoms with Gasteiger partial charge in [-0.25, -0.2) is 4.98 Å². The van der Waals surface area contributed by atoms with Crippen LogP contribution in [0.2, 0.25) is 0 Å². The fourth-order valence-corrected chi connectivity index (χ4v) is 2.98. The Morgan fingerprint density at radius 2 is 2.29 bits per heavy atom. The van der Waals surface area contributed by atoms with E-state index in [1.807, 2.05) is 13.1 Å². The van der Waals surface area contributed by atoms with Crippen LogP contribution in [-0.2, 0) is 11.3 Å². The quantitative estimate of drug-likeness (QED) is 0.786. The summed E-state index contributed by atoms with van der Waals surface area (Å²) in [6.07, 6.45) is 4.88. The van der Waals surface area contributed by atoms with E-state index in [0.29, 0.717) is 18.5 Å². The monoisotopic (exact) mass is 234 g/mol. The Kier molecular flexibility index (Phi) is 2.63. The lowest BCUT2D eigenvalue weighted by Crippen LogP contribution is -2.37. The maximum Gasteiger partial charge on any atom is 0.221 e. The van der Waals surface area contributed by atoms with Crippen LogP contribution in [0.4, 0.5) is 0 Å². The third-order valence-corrected chi connectivity index (χ3v) is 3.84. The third kappa shape index (κ3) is 2.07. The summed E-state index contributed by atoms with van der Waals surface area (Å²) in [5.41, 5.74) is 1.15. The minimum absolute atomic E-state index is 0.197. The Hall–Kier alpha value is -1.36. The molecule has 3 heterocycles. The molecular formula is C12H18N4O. The molecule has 2 saturated heterocycles. The van der Waals surface area contributed by atoms with Gasteiger partial charge in [0.15, 0.2) is 0 Å². The minimum Gasteiger partial charge on any atom is -0.354 e. The van der Waals surface area contributed by atoms with Gasteiger partial charge < -0.3 is 10.3 Å². The zero-order chi connectivity index (χ0) is 11.8. The number of aromatic nitrogens is 2. The van der Waals surface area contributed by atoms with E-state index in [1.165, 1.54) is 6.42 Å².